The van der Waals surface area contributed by atoms with Crippen LogP contribution in [0.25, 0.3) is 87.1 Å². The number of thiophene rings is 1. The average molecular weight is 781 g/mol. The molecule has 2 aromatic heterocycles. The Hall–Kier alpha value is -7.46. The highest BCUT2D eigenvalue weighted by Gasteiger charge is 2.46. The molecule has 1 aliphatic rings. The van der Waals surface area contributed by atoms with Crippen LogP contribution in [0.2, 0.25) is 0 Å². The van der Waals surface area contributed by atoms with Gasteiger partial charge >= 0.3 is 0 Å². The number of rotatable bonds is 6. The predicted molar refractivity (Wildman–Crippen MR) is 251 cm³/mol. The van der Waals surface area contributed by atoms with Crippen LogP contribution in [0.4, 0.5) is 0 Å². The van der Waals surface area contributed by atoms with Crippen molar-refractivity contribution in [1.82, 2.24) is 9.97 Å². The molecular weight excluding hydrogens is 745 g/mol. The van der Waals surface area contributed by atoms with E-state index in [9.17, 15) is 0 Å². The van der Waals surface area contributed by atoms with Gasteiger partial charge in [0, 0.05) is 36.9 Å². The van der Waals surface area contributed by atoms with Crippen LogP contribution in [0.5, 0.6) is 0 Å². The Labute approximate surface area is 352 Å². The van der Waals surface area contributed by atoms with E-state index in [-0.39, 0.29) is 0 Å². The Morgan fingerprint density at radius 2 is 0.900 bits per heavy atom. The Bertz CT molecular complexity index is 3380. The van der Waals surface area contributed by atoms with Crippen molar-refractivity contribution in [3.8, 4) is 56.2 Å². The minimum Gasteiger partial charge on any atom is -0.228 e. The van der Waals surface area contributed by atoms with Crippen LogP contribution in [-0.4, -0.2) is 9.97 Å². The van der Waals surface area contributed by atoms with Gasteiger partial charge in [-0.15, -0.1) is 11.3 Å². The molecule has 0 bridgehead atoms. The van der Waals surface area contributed by atoms with E-state index in [0.29, 0.717) is 5.82 Å². The van der Waals surface area contributed by atoms with Gasteiger partial charge < -0.3 is 0 Å². The molecule has 0 unspecified atom stereocenters. The van der Waals surface area contributed by atoms with E-state index in [2.05, 4.69) is 212 Å². The highest BCUT2D eigenvalue weighted by molar-refractivity contribution is 7.25. The molecule has 0 radical (unpaired) electrons. The van der Waals surface area contributed by atoms with E-state index in [1.54, 1.807) is 0 Å². The van der Waals surface area contributed by atoms with Gasteiger partial charge in [-0.1, -0.05) is 194 Å². The lowest BCUT2D eigenvalue weighted by molar-refractivity contribution is 0.768. The molecule has 9 aromatic carbocycles. The SMILES string of the molecule is c1ccc(-c2nc(-c3ccc4sc5ccccc5c4c3)cc(-c3ccc(-c4cccc5c4-c4ccccc4C5(c4ccccc4)c4ccccc4)c4ccccc34)n2)cc1. The van der Waals surface area contributed by atoms with Gasteiger partial charge in [-0.05, 0) is 79.5 Å². The summed E-state index contributed by atoms with van der Waals surface area (Å²) in [5.41, 5.74) is 14.6. The fourth-order valence-corrected chi connectivity index (χ4v) is 10.9. The van der Waals surface area contributed by atoms with E-state index in [1.165, 1.54) is 70.1 Å². The predicted octanol–water partition coefficient (Wildman–Crippen LogP) is 15.0. The van der Waals surface area contributed by atoms with E-state index < -0.39 is 5.41 Å². The van der Waals surface area contributed by atoms with E-state index >= 15 is 0 Å². The molecule has 0 aliphatic heterocycles. The molecule has 0 N–H and O–H groups in total. The Balaban J connectivity index is 1.08. The van der Waals surface area contributed by atoms with Crippen molar-refractivity contribution in [2.24, 2.45) is 0 Å². The normalized spacial score (nSPS) is 12.8. The summed E-state index contributed by atoms with van der Waals surface area (Å²) in [7, 11) is 0. The van der Waals surface area contributed by atoms with Crippen LogP contribution >= 0.6 is 11.3 Å². The molecule has 2 nitrogen and oxygen atoms in total. The summed E-state index contributed by atoms with van der Waals surface area (Å²) in [6.45, 7) is 0. The maximum atomic E-state index is 5.32. The standard InChI is InChI=1S/C57H36N2S/c1-4-17-37(18-5-1)56-58-51(38-31-34-54-48(35-38)45-25-13-15-30-53(45)60-54)36-52(59-56)44-33-32-43(41-23-10-11-24-42(41)44)46-27-16-29-50-55(46)47-26-12-14-28-49(47)57(50,39-19-6-2-7-20-39)40-21-8-3-9-22-40/h1-36H. The number of fused-ring (bicyclic) bond motifs is 7. The molecule has 0 spiro atoms. The topological polar surface area (TPSA) is 25.8 Å². The monoisotopic (exact) mass is 780 g/mol. The van der Waals surface area contributed by atoms with Gasteiger partial charge in [0.2, 0.25) is 0 Å². The first-order valence-electron chi connectivity index (χ1n) is 20.5. The summed E-state index contributed by atoms with van der Waals surface area (Å²) in [6, 6.07) is 79.3. The summed E-state index contributed by atoms with van der Waals surface area (Å²) < 4.78 is 2.57. The second kappa shape index (κ2) is 13.8. The van der Waals surface area contributed by atoms with Crippen LogP contribution in [0.1, 0.15) is 22.3 Å². The van der Waals surface area contributed by atoms with Gasteiger partial charge in [-0.25, -0.2) is 9.97 Å². The maximum absolute atomic E-state index is 5.32. The van der Waals surface area contributed by atoms with Crippen molar-refractivity contribution in [3.63, 3.8) is 0 Å². The quantitative estimate of drug-likeness (QED) is 0.168. The van der Waals surface area contributed by atoms with Crippen LogP contribution in [0, 0.1) is 0 Å². The second-order valence-electron chi connectivity index (χ2n) is 15.6. The molecule has 11 aromatic rings. The van der Waals surface area contributed by atoms with E-state index in [1.807, 2.05) is 17.4 Å². The Morgan fingerprint density at radius 3 is 1.67 bits per heavy atom. The van der Waals surface area contributed by atoms with Crippen LogP contribution in [0.15, 0.2) is 218 Å². The molecule has 0 fully saturated rings. The molecule has 280 valence electrons. The third-order valence-electron chi connectivity index (χ3n) is 12.4. The molecule has 0 atom stereocenters. The van der Waals surface area contributed by atoms with Gasteiger partial charge in [0.1, 0.15) is 0 Å². The summed E-state index contributed by atoms with van der Waals surface area (Å²) in [6.07, 6.45) is 0. The van der Waals surface area contributed by atoms with Crippen molar-refractivity contribution >= 4 is 42.3 Å². The van der Waals surface area contributed by atoms with Crippen LogP contribution in [0.3, 0.4) is 0 Å². The Kier molecular flexibility index (Phi) is 7.97. The van der Waals surface area contributed by atoms with Crippen molar-refractivity contribution in [1.29, 1.82) is 0 Å². The summed E-state index contributed by atoms with van der Waals surface area (Å²) in [4.78, 5) is 10.6. The molecule has 1 aliphatic carbocycles. The molecule has 0 saturated carbocycles. The van der Waals surface area contributed by atoms with Crippen molar-refractivity contribution in [2.45, 2.75) is 5.41 Å². The molecule has 0 saturated heterocycles. The first kappa shape index (κ1) is 34.6. The number of nitrogens with zero attached hydrogens (tertiary/aromatic N) is 2. The second-order valence-corrected chi connectivity index (χ2v) is 16.7. The van der Waals surface area contributed by atoms with Gasteiger partial charge in [-0.3, -0.25) is 0 Å². The smallest absolute Gasteiger partial charge is 0.160 e. The molecule has 0 amide bonds. The highest BCUT2D eigenvalue weighted by atomic mass is 32.1. The third kappa shape index (κ3) is 5.26. The lowest BCUT2D eigenvalue weighted by atomic mass is 9.67. The molecule has 2 heterocycles. The first-order chi connectivity index (χ1) is 29.8. The van der Waals surface area contributed by atoms with Crippen LogP contribution < -0.4 is 0 Å². The number of hydrogen-bond donors (Lipinski definition) is 0. The van der Waals surface area contributed by atoms with Crippen molar-refractivity contribution in [2.75, 3.05) is 0 Å². The van der Waals surface area contributed by atoms with E-state index in [4.69, 9.17) is 9.97 Å². The highest BCUT2D eigenvalue weighted by Crippen LogP contribution is 2.58. The lowest BCUT2D eigenvalue weighted by Gasteiger charge is -2.34. The van der Waals surface area contributed by atoms with Gasteiger partial charge in [0.25, 0.3) is 0 Å². The van der Waals surface area contributed by atoms with E-state index in [0.717, 1.165) is 33.5 Å². The number of hydrogen-bond acceptors (Lipinski definition) is 3. The minimum atomic E-state index is -0.469. The zero-order valence-electron chi connectivity index (χ0n) is 32.6. The van der Waals surface area contributed by atoms with Gasteiger partial charge in [0.15, 0.2) is 5.82 Å². The Morgan fingerprint density at radius 1 is 0.333 bits per heavy atom. The van der Waals surface area contributed by atoms with Crippen molar-refractivity contribution < 1.29 is 0 Å². The summed E-state index contributed by atoms with van der Waals surface area (Å²) >= 11 is 1.83. The number of benzene rings is 9. The summed E-state index contributed by atoms with van der Waals surface area (Å²) in [5.74, 6) is 0.710. The molecular formula is C57H36N2S. The van der Waals surface area contributed by atoms with Crippen LogP contribution in [-0.2, 0) is 5.41 Å². The van der Waals surface area contributed by atoms with Gasteiger partial charge in [0.05, 0.1) is 16.8 Å². The fourth-order valence-electron chi connectivity index (χ4n) is 9.81. The first-order valence-corrected chi connectivity index (χ1v) is 21.3. The minimum absolute atomic E-state index is 0.469. The lowest BCUT2D eigenvalue weighted by Crippen LogP contribution is -2.28. The number of aromatic nitrogens is 2. The van der Waals surface area contributed by atoms with Crippen molar-refractivity contribution in [3.05, 3.63) is 241 Å². The summed E-state index contributed by atoms with van der Waals surface area (Å²) in [5, 5.41) is 4.87. The maximum Gasteiger partial charge on any atom is 0.160 e. The molecule has 3 heteroatoms. The average Bonchev–Trinajstić information content (AvgIpc) is 3.86. The molecule has 60 heavy (non-hydrogen) atoms. The largest absolute Gasteiger partial charge is 0.228 e. The molecule has 12 rings (SSSR count). The zero-order valence-corrected chi connectivity index (χ0v) is 33.4. The third-order valence-corrected chi connectivity index (χ3v) is 13.6. The fraction of sp³-hybridized carbons (Fsp3) is 0.0175. The zero-order chi connectivity index (χ0) is 39.6. The van der Waals surface area contributed by atoms with Gasteiger partial charge in [-0.2, -0.15) is 0 Å².